The van der Waals surface area contributed by atoms with Crippen molar-refractivity contribution < 1.29 is 18.8 Å². The highest BCUT2D eigenvalue weighted by atomic mass is 19.1. The molecule has 0 bridgehead atoms. The van der Waals surface area contributed by atoms with Gasteiger partial charge in [0.25, 0.3) is 5.91 Å². The zero-order valence-electron chi connectivity index (χ0n) is 20.3. The van der Waals surface area contributed by atoms with Crippen molar-refractivity contribution in [2.75, 3.05) is 18.9 Å². The molecule has 0 unspecified atom stereocenters. The number of anilines is 1. The number of benzene rings is 2. The summed E-state index contributed by atoms with van der Waals surface area (Å²) in [6.07, 6.45) is 2.63. The quantitative estimate of drug-likeness (QED) is 0.559. The topological polar surface area (TPSA) is 109 Å². The van der Waals surface area contributed by atoms with Crippen molar-refractivity contribution in [1.29, 1.82) is 5.26 Å². The summed E-state index contributed by atoms with van der Waals surface area (Å²) in [5, 5.41) is 13.2. The molecule has 2 aromatic carbocycles. The highest BCUT2D eigenvalue weighted by Crippen LogP contribution is 2.47. The number of likely N-dealkylation sites (tertiary alicyclic amines) is 1. The SMILES string of the molecule is CN(C(=O)c1cc2c(F)cccc2[nH]1)[C@@H](CC1CC1)C(=O)N1C[C@]2(C[C@H]1C#N)C(=O)Nc1ccccc12. The highest BCUT2D eigenvalue weighted by Gasteiger charge is 2.57. The molecule has 6 rings (SSSR count). The predicted octanol–water partition coefficient (Wildman–Crippen LogP) is 3.56. The van der Waals surface area contributed by atoms with E-state index in [0.29, 0.717) is 28.9 Å². The smallest absolute Gasteiger partial charge is 0.270 e. The van der Waals surface area contributed by atoms with Gasteiger partial charge in [0.15, 0.2) is 0 Å². The number of fused-ring (bicyclic) bond motifs is 3. The average molecular weight is 500 g/mol. The molecule has 3 aromatic rings. The van der Waals surface area contributed by atoms with Gasteiger partial charge in [-0.15, -0.1) is 0 Å². The van der Waals surface area contributed by atoms with Crippen molar-refractivity contribution in [2.45, 2.75) is 43.2 Å². The number of rotatable bonds is 5. The Morgan fingerprint density at radius 1 is 1.24 bits per heavy atom. The van der Waals surface area contributed by atoms with Crippen LogP contribution in [0.5, 0.6) is 0 Å². The summed E-state index contributed by atoms with van der Waals surface area (Å²) in [4.78, 5) is 46.5. The molecule has 8 nitrogen and oxygen atoms in total. The van der Waals surface area contributed by atoms with Crippen LogP contribution in [-0.2, 0) is 15.0 Å². The summed E-state index contributed by atoms with van der Waals surface area (Å²) in [5.41, 5.74) is 1.19. The van der Waals surface area contributed by atoms with Crippen molar-refractivity contribution in [3.8, 4) is 6.07 Å². The molecule has 3 amide bonds. The van der Waals surface area contributed by atoms with Crippen molar-refractivity contribution in [2.24, 2.45) is 5.92 Å². The minimum Gasteiger partial charge on any atom is -0.350 e. The first-order valence-electron chi connectivity index (χ1n) is 12.5. The maximum atomic E-state index is 14.2. The van der Waals surface area contributed by atoms with Crippen molar-refractivity contribution in [3.05, 3.63) is 65.6 Å². The lowest BCUT2D eigenvalue weighted by Crippen LogP contribution is -2.51. The Labute approximate surface area is 213 Å². The molecular formula is C28H26FN5O3. The van der Waals surface area contributed by atoms with Gasteiger partial charge in [-0.3, -0.25) is 14.4 Å². The number of nitrogens with one attached hydrogen (secondary N) is 2. The predicted molar refractivity (Wildman–Crippen MR) is 134 cm³/mol. The molecule has 1 saturated carbocycles. The number of hydrogen-bond donors (Lipinski definition) is 2. The van der Waals surface area contributed by atoms with E-state index in [4.69, 9.17) is 0 Å². The van der Waals surface area contributed by atoms with Crippen LogP contribution >= 0.6 is 0 Å². The van der Waals surface area contributed by atoms with Crippen LogP contribution in [0.4, 0.5) is 10.1 Å². The van der Waals surface area contributed by atoms with Gasteiger partial charge in [0.05, 0.1) is 11.5 Å². The summed E-state index contributed by atoms with van der Waals surface area (Å²) < 4.78 is 14.2. The maximum absolute atomic E-state index is 14.2. The van der Waals surface area contributed by atoms with E-state index in [0.717, 1.165) is 18.4 Å². The third-order valence-corrected chi connectivity index (χ3v) is 8.08. The van der Waals surface area contributed by atoms with Crippen molar-refractivity contribution in [3.63, 3.8) is 0 Å². The van der Waals surface area contributed by atoms with Gasteiger partial charge < -0.3 is 20.1 Å². The minimum absolute atomic E-state index is 0.0771. The van der Waals surface area contributed by atoms with Gasteiger partial charge in [-0.1, -0.05) is 37.1 Å². The lowest BCUT2D eigenvalue weighted by atomic mass is 9.80. The number of aromatic amines is 1. The zero-order valence-corrected chi connectivity index (χ0v) is 20.3. The summed E-state index contributed by atoms with van der Waals surface area (Å²) in [6.45, 7) is 0.0771. The molecule has 0 radical (unpaired) electrons. The normalized spacial score (nSPS) is 23.1. The molecule has 1 saturated heterocycles. The number of amides is 3. The first-order chi connectivity index (χ1) is 17.8. The van der Waals surface area contributed by atoms with E-state index in [1.54, 1.807) is 19.2 Å². The Morgan fingerprint density at radius 2 is 2.03 bits per heavy atom. The Bertz CT molecular complexity index is 1490. The zero-order chi connectivity index (χ0) is 25.9. The third-order valence-electron chi connectivity index (χ3n) is 8.08. The van der Waals surface area contributed by atoms with Gasteiger partial charge in [0.2, 0.25) is 11.8 Å². The van der Waals surface area contributed by atoms with E-state index in [1.165, 1.54) is 21.9 Å². The summed E-state index contributed by atoms with van der Waals surface area (Å²) in [5.74, 6) is -1.11. The van der Waals surface area contributed by atoms with Crippen LogP contribution in [0.3, 0.4) is 0 Å². The number of hydrogen-bond acceptors (Lipinski definition) is 4. The lowest BCUT2D eigenvalue weighted by molar-refractivity contribution is -0.136. The Morgan fingerprint density at radius 3 is 2.76 bits per heavy atom. The molecule has 9 heteroatoms. The van der Waals surface area contributed by atoms with Gasteiger partial charge >= 0.3 is 0 Å². The van der Waals surface area contributed by atoms with Crippen molar-refractivity contribution >= 4 is 34.3 Å². The van der Waals surface area contributed by atoms with E-state index in [-0.39, 0.29) is 30.5 Å². The van der Waals surface area contributed by atoms with Crippen LogP contribution < -0.4 is 5.32 Å². The third kappa shape index (κ3) is 3.67. The van der Waals surface area contributed by atoms with Crippen LogP contribution in [0.2, 0.25) is 0 Å². The highest BCUT2D eigenvalue weighted by molar-refractivity contribution is 6.07. The van der Waals surface area contributed by atoms with E-state index < -0.39 is 29.2 Å². The molecular weight excluding hydrogens is 473 g/mol. The standard InChI is InChI=1S/C28H26FN5O3/c1-33(25(35)23-12-18-20(29)6-4-8-21(18)31-23)24(11-16-9-10-16)26(36)34-15-28(13-17(34)14-30)19-5-2-3-7-22(19)32-27(28)37/h2-8,12,16-17,24,31H,9-11,13,15H2,1H3,(H,32,37)/t17-,24-,28-/m0/s1. The van der Waals surface area contributed by atoms with Gasteiger partial charge in [0, 0.05) is 36.6 Å². The number of nitriles is 1. The molecule has 37 heavy (non-hydrogen) atoms. The lowest BCUT2D eigenvalue weighted by Gasteiger charge is -2.32. The molecule has 2 N–H and O–H groups in total. The van der Waals surface area contributed by atoms with E-state index in [1.807, 2.05) is 24.3 Å². The van der Waals surface area contributed by atoms with Gasteiger partial charge in [-0.25, -0.2) is 4.39 Å². The Hall–Kier alpha value is -4.19. The number of likely N-dealkylation sites (N-methyl/N-ethyl adjacent to an activating group) is 1. The van der Waals surface area contributed by atoms with Gasteiger partial charge in [-0.2, -0.15) is 5.26 Å². The maximum Gasteiger partial charge on any atom is 0.270 e. The van der Waals surface area contributed by atoms with Crippen LogP contribution in [0.25, 0.3) is 10.9 Å². The minimum atomic E-state index is -0.992. The molecule has 1 spiro atoms. The summed E-state index contributed by atoms with van der Waals surface area (Å²) in [7, 11) is 1.57. The largest absolute Gasteiger partial charge is 0.350 e. The van der Waals surface area contributed by atoms with Crippen LogP contribution in [0.1, 0.15) is 41.7 Å². The molecule has 1 aliphatic carbocycles. The fraction of sp³-hybridized carbons (Fsp3) is 0.357. The number of aromatic nitrogens is 1. The fourth-order valence-electron chi connectivity index (χ4n) is 5.84. The number of H-pyrrole nitrogens is 1. The molecule has 1 aromatic heterocycles. The molecule has 3 atom stereocenters. The first-order valence-corrected chi connectivity index (χ1v) is 12.5. The average Bonchev–Trinajstić information content (AvgIpc) is 3.36. The fourth-order valence-corrected chi connectivity index (χ4v) is 5.84. The second-order valence-electron chi connectivity index (χ2n) is 10.4. The van der Waals surface area contributed by atoms with Crippen molar-refractivity contribution in [1.82, 2.24) is 14.8 Å². The molecule has 188 valence electrons. The van der Waals surface area contributed by atoms with E-state index in [9.17, 15) is 24.0 Å². The molecule has 3 heterocycles. The van der Waals surface area contributed by atoms with Crippen LogP contribution in [0, 0.1) is 23.1 Å². The Balaban J connectivity index is 1.31. The number of carbonyl (C=O) groups excluding carboxylic acids is 3. The number of carbonyl (C=O) groups is 3. The number of para-hydroxylation sites is 1. The molecule has 2 fully saturated rings. The van der Waals surface area contributed by atoms with E-state index in [2.05, 4.69) is 16.4 Å². The number of nitrogens with zero attached hydrogens (tertiary/aromatic N) is 3. The van der Waals surface area contributed by atoms with Crippen LogP contribution in [0.15, 0.2) is 48.5 Å². The van der Waals surface area contributed by atoms with Gasteiger partial charge in [-0.05, 0) is 42.2 Å². The summed E-state index contributed by atoms with van der Waals surface area (Å²) >= 11 is 0. The summed E-state index contributed by atoms with van der Waals surface area (Å²) in [6, 6.07) is 14.0. The van der Waals surface area contributed by atoms with E-state index >= 15 is 0 Å². The van der Waals surface area contributed by atoms with Crippen LogP contribution in [-0.4, -0.2) is 58.2 Å². The second-order valence-corrected chi connectivity index (χ2v) is 10.4. The Kier molecular flexibility index (Phi) is 5.30. The molecule has 2 aliphatic heterocycles. The monoisotopic (exact) mass is 499 g/mol. The second kappa shape index (κ2) is 8.44. The van der Waals surface area contributed by atoms with Gasteiger partial charge in [0.1, 0.15) is 23.6 Å². The first kappa shape index (κ1) is 23.2. The molecule has 3 aliphatic rings. The number of halogens is 1.